The lowest BCUT2D eigenvalue weighted by molar-refractivity contribution is -0.175. The predicted octanol–water partition coefficient (Wildman–Crippen LogP) is 0.0972. The van der Waals surface area contributed by atoms with E-state index in [4.69, 9.17) is 5.11 Å². The van der Waals surface area contributed by atoms with Crippen molar-refractivity contribution >= 4 is 17.7 Å². The first-order chi connectivity index (χ1) is 6.64. The van der Waals surface area contributed by atoms with Gasteiger partial charge in [-0.05, 0) is 6.92 Å². The Morgan fingerprint density at radius 2 is 1.80 bits per heavy atom. The van der Waals surface area contributed by atoms with Gasteiger partial charge in [-0.3, -0.25) is 9.59 Å². The zero-order chi connectivity index (χ0) is 12.2. The van der Waals surface area contributed by atoms with Gasteiger partial charge in [-0.25, -0.2) is 4.79 Å². The van der Waals surface area contributed by atoms with E-state index in [1.54, 1.807) is 0 Å². The zero-order valence-corrected chi connectivity index (χ0v) is 7.59. The Bertz CT molecular complexity index is 286. The van der Waals surface area contributed by atoms with E-state index in [0.29, 0.717) is 0 Å². The molecule has 0 rings (SSSR count). The highest BCUT2D eigenvalue weighted by atomic mass is 19.4. The number of carboxylic acid groups (broad SMARTS) is 1. The van der Waals surface area contributed by atoms with Crippen LogP contribution in [-0.4, -0.2) is 35.0 Å². The Kier molecular flexibility index (Phi) is 4.25. The Morgan fingerprint density at radius 1 is 1.33 bits per heavy atom. The highest BCUT2D eigenvalue weighted by Gasteiger charge is 2.40. The molecule has 1 atom stereocenters. The Hall–Kier alpha value is -1.60. The number of rotatable bonds is 4. The van der Waals surface area contributed by atoms with E-state index >= 15 is 0 Å². The fourth-order valence-corrected chi connectivity index (χ4v) is 0.728. The van der Waals surface area contributed by atoms with Gasteiger partial charge in [0, 0.05) is 6.42 Å². The molecule has 0 aromatic carbocycles. The van der Waals surface area contributed by atoms with Gasteiger partial charge in [-0.1, -0.05) is 0 Å². The molecule has 0 spiro atoms. The molecular weight excluding hydrogens is 219 g/mol. The van der Waals surface area contributed by atoms with E-state index in [1.165, 1.54) is 5.32 Å². The molecule has 0 aliphatic heterocycles. The summed E-state index contributed by atoms with van der Waals surface area (Å²) in [6, 6.07) is -1.85. The number of alkyl halides is 3. The molecule has 0 radical (unpaired) electrons. The van der Waals surface area contributed by atoms with Crippen molar-refractivity contribution in [3.05, 3.63) is 0 Å². The van der Waals surface area contributed by atoms with Crippen LogP contribution in [-0.2, 0) is 14.4 Å². The summed E-state index contributed by atoms with van der Waals surface area (Å²) >= 11 is 0. The third-order valence-corrected chi connectivity index (χ3v) is 1.35. The van der Waals surface area contributed by atoms with Crippen LogP contribution in [0.2, 0.25) is 0 Å². The minimum Gasteiger partial charge on any atom is -0.480 e. The van der Waals surface area contributed by atoms with Crippen molar-refractivity contribution in [2.45, 2.75) is 25.6 Å². The topological polar surface area (TPSA) is 83.5 Å². The summed E-state index contributed by atoms with van der Waals surface area (Å²) in [5.41, 5.74) is 0. The first-order valence-corrected chi connectivity index (χ1v) is 3.74. The van der Waals surface area contributed by atoms with Gasteiger partial charge >= 0.3 is 18.1 Å². The van der Waals surface area contributed by atoms with Crippen molar-refractivity contribution in [2.75, 3.05) is 0 Å². The standard InChI is InChI=1S/C7H8F3NO4/c1-3(12)2-4(5(13)14)11-6(15)7(8,9)10/h4H,2H2,1H3,(H,11,15)(H,13,14). The SMILES string of the molecule is CC(=O)CC(NC(=O)C(F)(F)F)C(=O)O. The molecule has 8 heteroatoms. The maximum Gasteiger partial charge on any atom is 0.471 e. The quantitative estimate of drug-likeness (QED) is 0.713. The van der Waals surface area contributed by atoms with Crippen LogP contribution in [0.4, 0.5) is 13.2 Å². The van der Waals surface area contributed by atoms with Gasteiger partial charge in [0.1, 0.15) is 11.8 Å². The van der Waals surface area contributed by atoms with Crippen LogP contribution >= 0.6 is 0 Å². The Morgan fingerprint density at radius 3 is 2.07 bits per heavy atom. The lowest BCUT2D eigenvalue weighted by Crippen LogP contribution is -2.47. The van der Waals surface area contributed by atoms with Gasteiger partial charge in [0.25, 0.3) is 0 Å². The van der Waals surface area contributed by atoms with Crippen molar-refractivity contribution in [2.24, 2.45) is 0 Å². The maximum atomic E-state index is 11.7. The van der Waals surface area contributed by atoms with E-state index in [9.17, 15) is 27.6 Å². The summed E-state index contributed by atoms with van der Waals surface area (Å²) < 4.78 is 35.2. The second kappa shape index (κ2) is 4.76. The molecule has 0 fully saturated rings. The van der Waals surface area contributed by atoms with E-state index in [2.05, 4.69) is 0 Å². The molecule has 0 aliphatic carbocycles. The predicted molar refractivity (Wildman–Crippen MR) is 40.9 cm³/mol. The largest absolute Gasteiger partial charge is 0.480 e. The number of amides is 1. The maximum absolute atomic E-state index is 11.7. The molecule has 15 heavy (non-hydrogen) atoms. The van der Waals surface area contributed by atoms with Crippen LogP contribution in [0, 0.1) is 0 Å². The molecule has 1 amide bonds. The minimum atomic E-state index is -5.16. The summed E-state index contributed by atoms with van der Waals surface area (Å²) in [5, 5.41) is 9.61. The molecule has 0 aromatic heterocycles. The molecule has 0 saturated heterocycles. The third-order valence-electron chi connectivity index (χ3n) is 1.35. The molecule has 86 valence electrons. The van der Waals surface area contributed by atoms with E-state index in [1.807, 2.05) is 0 Å². The van der Waals surface area contributed by atoms with Gasteiger partial charge in [0.05, 0.1) is 0 Å². The number of carbonyl (C=O) groups excluding carboxylic acids is 2. The summed E-state index contributed by atoms with van der Waals surface area (Å²) in [6.07, 6.45) is -5.85. The van der Waals surface area contributed by atoms with Gasteiger partial charge in [-0.15, -0.1) is 0 Å². The number of hydrogen-bond acceptors (Lipinski definition) is 3. The molecule has 2 N–H and O–H groups in total. The third kappa shape index (κ3) is 4.99. The van der Waals surface area contributed by atoms with Crippen molar-refractivity contribution in [1.82, 2.24) is 5.32 Å². The van der Waals surface area contributed by atoms with Crippen LogP contribution in [0.1, 0.15) is 13.3 Å². The Balaban J connectivity index is 4.50. The molecule has 0 saturated carbocycles. The average Bonchev–Trinajstić information content (AvgIpc) is 1.99. The highest BCUT2D eigenvalue weighted by molar-refractivity contribution is 5.90. The lowest BCUT2D eigenvalue weighted by Gasteiger charge is -2.13. The van der Waals surface area contributed by atoms with Crippen LogP contribution in [0.15, 0.2) is 0 Å². The van der Waals surface area contributed by atoms with E-state index in [-0.39, 0.29) is 0 Å². The van der Waals surface area contributed by atoms with Crippen molar-refractivity contribution in [1.29, 1.82) is 0 Å². The van der Waals surface area contributed by atoms with Gasteiger partial charge in [-0.2, -0.15) is 13.2 Å². The van der Waals surface area contributed by atoms with Crippen LogP contribution in [0.25, 0.3) is 0 Å². The smallest absolute Gasteiger partial charge is 0.471 e. The van der Waals surface area contributed by atoms with Crippen molar-refractivity contribution in [3.8, 4) is 0 Å². The molecule has 1 unspecified atom stereocenters. The van der Waals surface area contributed by atoms with E-state index in [0.717, 1.165) is 6.92 Å². The molecule has 5 nitrogen and oxygen atoms in total. The summed E-state index contributed by atoms with van der Waals surface area (Å²) in [5.74, 6) is -4.70. The fourth-order valence-electron chi connectivity index (χ4n) is 0.728. The van der Waals surface area contributed by atoms with Gasteiger partial charge in [0.2, 0.25) is 0 Å². The molecular formula is C7H8F3NO4. The minimum absolute atomic E-state index is 0.634. The van der Waals surface area contributed by atoms with Crippen LogP contribution < -0.4 is 5.32 Å². The summed E-state index contributed by atoms with van der Waals surface area (Å²) in [6.45, 7) is 1.01. The zero-order valence-electron chi connectivity index (χ0n) is 7.59. The second-order valence-corrected chi connectivity index (χ2v) is 2.77. The van der Waals surface area contributed by atoms with Gasteiger partial charge in [0.15, 0.2) is 0 Å². The molecule has 0 aliphatic rings. The van der Waals surface area contributed by atoms with Crippen molar-refractivity contribution in [3.63, 3.8) is 0 Å². The summed E-state index contributed by atoms with van der Waals surface area (Å²) in [4.78, 5) is 31.2. The number of aliphatic carboxylic acids is 1. The van der Waals surface area contributed by atoms with Crippen molar-refractivity contribution < 1.29 is 32.7 Å². The molecule has 0 aromatic rings. The van der Waals surface area contributed by atoms with Crippen LogP contribution in [0.5, 0.6) is 0 Å². The number of carboxylic acids is 1. The Labute approximate surface area is 82.3 Å². The summed E-state index contributed by atoms with van der Waals surface area (Å²) in [7, 11) is 0. The van der Waals surface area contributed by atoms with E-state index < -0.39 is 36.3 Å². The number of nitrogens with one attached hydrogen (secondary N) is 1. The first kappa shape index (κ1) is 13.4. The number of halogens is 3. The second-order valence-electron chi connectivity index (χ2n) is 2.77. The fraction of sp³-hybridized carbons (Fsp3) is 0.571. The average molecular weight is 227 g/mol. The highest BCUT2D eigenvalue weighted by Crippen LogP contribution is 2.14. The number of carbonyl (C=O) groups is 3. The lowest BCUT2D eigenvalue weighted by atomic mass is 10.1. The van der Waals surface area contributed by atoms with Gasteiger partial charge < -0.3 is 10.4 Å². The first-order valence-electron chi connectivity index (χ1n) is 3.74. The molecule has 0 bridgehead atoms. The number of ketones is 1. The van der Waals surface area contributed by atoms with Crippen LogP contribution in [0.3, 0.4) is 0 Å². The number of hydrogen-bond donors (Lipinski definition) is 2. The monoisotopic (exact) mass is 227 g/mol. The molecule has 0 heterocycles. The normalized spacial score (nSPS) is 13.1. The number of Topliss-reactive ketones (excluding diaryl/α,β-unsaturated/α-hetero) is 1.